The zero-order chi connectivity index (χ0) is 16.3. The van der Waals surface area contributed by atoms with Crippen LogP contribution >= 0.6 is 0 Å². The smallest absolute Gasteiger partial charge is 0.191 e. The molecule has 0 atom stereocenters. The first-order chi connectivity index (χ1) is 11.3. The van der Waals surface area contributed by atoms with Gasteiger partial charge in [0.05, 0.1) is 13.7 Å². The molecule has 0 radical (unpaired) electrons. The third kappa shape index (κ3) is 5.94. The highest BCUT2D eigenvalue weighted by atomic mass is 16.5. The second-order valence-corrected chi connectivity index (χ2v) is 4.87. The molecule has 6 heteroatoms. The zero-order valence-corrected chi connectivity index (χ0v) is 13.7. The normalized spacial score (nSPS) is 11.1. The molecule has 0 fully saturated rings. The number of methoxy groups -OCH3 is 1. The fourth-order valence-electron chi connectivity index (χ4n) is 2.07. The summed E-state index contributed by atoms with van der Waals surface area (Å²) < 4.78 is 13.0. The van der Waals surface area contributed by atoms with Gasteiger partial charge in [-0.25, -0.2) is 0 Å². The minimum atomic E-state index is 0.547. The molecule has 2 aromatic rings. The van der Waals surface area contributed by atoms with Gasteiger partial charge in [0, 0.05) is 38.6 Å². The average Bonchev–Trinajstić information content (AvgIpc) is 3.10. The Hall–Kier alpha value is -2.63. The monoisotopic (exact) mass is 316 g/mol. The zero-order valence-electron chi connectivity index (χ0n) is 13.7. The number of hydrogen-bond acceptors (Lipinski definition) is 3. The molecule has 0 saturated heterocycles. The van der Waals surface area contributed by atoms with Crippen LogP contribution in [-0.4, -0.2) is 44.4 Å². The number of hydrogen-bond donors (Lipinski definition) is 2. The van der Waals surface area contributed by atoms with E-state index in [1.807, 2.05) is 48.8 Å². The van der Waals surface area contributed by atoms with Crippen molar-refractivity contribution in [2.24, 2.45) is 4.99 Å². The average molecular weight is 316 g/mol. The van der Waals surface area contributed by atoms with E-state index in [-0.39, 0.29) is 0 Å². The van der Waals surface area contributed by atoms with E-state index in [2.05, 4.69) is 20.2 Å². The SMILES string of the molecule is CN=C(NCCOc1cccc(OC)c1)NCCn1cccc1. The van der Waals surface area contributed by atoms with Gasteiger partial charge in [0.15, 0.2) is 5.96 Å². The molecule has 0 unspecified atom stereocenters. The van der Waals surface area contributed by atoms with Crippen molar-refractivity contribution >= 4 is 5.96 Å². The first-order valence-corrected chi connectivity index (χ1v) is 7.64. The molecular formula is C17H24N4O2. The third-order valence-electron chi connectivity index (χ3n) is 3.26. The molecule has 1 aromatic heterocycles. The molecular weight excluding hydrogens is 292 g/mol. The maximum Gasteiger partial charge on any atom is 0.191 e. The maximum absolute atomic E-state index is 5.68. The molecule has 6 nitrogen and oxygen atoms in total. The van der Waals surface area contributed by atoms with Crippen molar-refractivity contribution in [3.05, 3.63) is 48.8 Å². The Bertz CT molecular complexity index is 596. The van der Waals surface area contributed by atoms with E-state index in [1.165, 1.54) is 0 Å². The van der Waals surface area contributed by atoms with E-state index in [0.29, 0.717) is 13.2 Å². The number of guanidine groups is 1. The lowest BCUT2D eigenvalue weighted by Gasteiger charge is -2.13. The first kappa shape index (κ1) is 16.7. The van der Waals surface area contributed by atoms with Crippen molar-refractivity contribution in [3.8, 4) is 11.5 Å². The number of ether oxygens (including phenoxy) is 2. The Labute approximate surface area is 137 Å². The Morgan fingerprint density at radius 1 is 1.09 bits per heavy atom. The molecule has 124 valence electrons. The van der Waals surface area contributed by atoms with E-state index >= 15 is 0 Å². The molecule has 0 aliphatic carbocycles. The van der Waals surface area contributed by atoms with E-state index in [0.717, 1.165) is 30.5 Å². The van der Waals surface area contributed by atoms with Gasteiger partial charge in [-0.1, -0.05) is 6.07 Å². The van der Waals surface area contributed by atoms with Crippen LogP contribution in [0, 0.1) is 0 Å². The number of rotatable bonds is 8. The van der Waals surface area contributed by atoms with Crippen molar-refractivity contribution in [2.45, 2.75) is 6.54 Å². The van der Waals surface area contributed by atoms with Gasteiger partial charge in [-0.15, -0.1) is 0 Å². The van der Waals surface area contributed by atoms with Gasteiger partial charge in [0.1, 0.15) is 18.1 Å². The van der Waals surface area contributed by atoms with E-state index in [9.17, 15) is 0 Å². The van der Waals surface area contributed by atoms with Crippen molar-refractivity contribution in [3.63, 3.8) is 0 Å². The summed E-state index contributed by atoms with van der Waals surface area (Å²) >= 11 is 0. The molecule has 0 saturated carbocycles. The minimum absolute atomic E-state index is 0.547. The molecule has 1 heterocycles. The van der Waals surface area contributed by atoms with E-state index < -0.39 is 0 Å². The number of benzene rings is 1. The van der Waals surface area contributed by atoms with Gasteiger partial charge in [-0.2, -0.15) is 0 Å². The van der Waals surface area contributed by atoms with Crippen LogP contribution in [0.5, 0.6) is 11.5 Å². The highest BCUT2D eigenvalue weighted by Gasteiger charge is 1.99. The summed E-state index contributed by atoms with van der Waals surface area (Å²) in [4.78, 5) is 4.19. The van der Waals surface area contributed by atoms with Crippen LogP contribution in [0.4, 0.5) is 0 Å². The summed E-state index contributed by atoms with van der Waals surface area (Å²) in [6, 6.07) is 11.6. The van der Waals surface area contributed by atoms with Crippen LogP contribution in [0.1, 0.15) is 0 Å². The summed E-state index contributed by atoms with van der Waals surface area (Å²) in [6.07, 6.45) is 4.08. The van der Waals surface area contributed by atoms with Crippen molar-refractivity contribution in [2.75, 3.05) is 33.9 Å². The van der Waals surface area contributed by atoms with Gasteiger partial charge in [-0.3, -0.25) is 4.99 Å². The largest absolute Gasteiger partial charge is 0.497 e. The molecule has 0 aliphatic heterocycles. The van der Waals surface area contributed by atoms with Crippen LogP contribution in [0.25, 0.3) is 0 Å². The van der Waals surface area contributed by atoms with Crippen molar-refractivity contribution in [1.29, 1.82) is 0 Å². The maximum atomic E-state index is 5.68. The lowest BCUT2D eigenvalue weighted by molar-refractivity contribution is 0.319. The Kier molecular flexibility index (Phi) is 6.84. The van der Waals surface area contributed by atoms with Gasteiger partial charge < -0.3 is 24.7 Å². The number of aliphatic imine (C=N–C) groups is 1. The molecule has 23 heavy (non-hydrogen) atoms. The van der Waals surface area contributed by atoms with Crippen LogP contribution in [-0.2, 0) is 6.54 Å². The molecule has 1 aromatic carbocycles. The summed E-state index contributed by atoms with van der Waals surface area (Å²) in [5, 5.41) is 6.49. The molecule has 0 aliphatic rings. The minimum Gasteiger partial charge on any atom is -0.497 e. The summed E-state index contributed by atoms with van der Waals surface area (Å²) in [5.41, 5.74) is 0. The van der Waals surface area contributed by atoms with E-state index in [1.54, 1.807) is 14.2 Å². The summed E-state index contributed by atoms with van der Waals surface area (Å²) in [6.45, 7) is 2.92. The lowest BCUT2D eigenvalue weighted by Crippen LogP contribution is -2.40. The fraction of sp³-hybridized carbons (Fsp3) is 0.353. The summed E-state index contributed by atoms with van der Waals surface area (Å²) in [7, 11) is 3.40. The Morgan fingerprint density at radius 3 is 2.57 bits per heavy atom. The molecule has 0 amide bonds. The first-order valence-electron chi connectivity index (χ1n) is 7.64. The van der Waals surface area contributed by atoms with Gasteiger partial charge >= 0.3 is 0 Å². The fourth-order valence-corrected chi connectivity index (χ4v) is 2.07. The standard InChI is InChI=1S/C17H24N4O2/c1-18-17(19-8-12-21-10-3-4-11-21)20-9-13-23-16-7-5-6-15(14-16)22-2/h3-7,10-11,14H,8-9,12-13H2,1-2H3,(H2,18,19,20). The van der Waals surface area contributed by atoms with Crippen LogP contribution < -0.4 is 20.1 Å². The molecule has 0 spiro atoms. The highest BCUT2D eigenvalue weighted by molar-refractivity contribution is 5.79. The van der Waals surface area contributed by atoms with Crippen LogP contribution in [0.2, 0.25) is 0 Å². The van der Waals surface area contributed by atoms with Crippen LogP contribution in [0.3, 0.4) is 0 Å². The Morgan fingerprint density at radius 2 is 1.83 bits per heavy atom. The topological polar surface area (TPSA) is 59.8 Å². The molecule has 2 rings (SSSR count). The third-order valence-corrected chi connectivity index (χ3v) is 3.26. The quantitative estimate of drug-likeness (QED) is 0.442. The molecule has 0 bridgehead atoms. The summed E-state index contributed by atoms with van der Waals surface area (Å²) in [5.74, 6) is 2.35. The van der Waals surface area contributed by atoms with Gasteiger partial charge in [0.25, 0.3) is 0 Å². The van der Waals surface area contributed by atoms with Gasteiger partial charge in [-0.05, 0) is 24.3 Å². The van der Waals surface area contributed by atoms with E-state index in [4.69, 9.17) is 9.47 Å². The number of nitrogens with zero attached hydrogens (tertiary/aromatic N) is 2. The number of aromatic nitrogens is 1. The number of nitrogens with one attached hydrogen (secondary N) is 2. The predicted octanol–water partition coefficient (Wildman–Crippen LogP) is 1.74. The second kappa shape index (κ2) is 9.40. The highest BCUT2D eigenvalue weighted by Crippen LogP contribution is 2.18. The lowest BCUT2D eigenvalue weighted by atomic mass is 10.3. The second-order valence-electron chi connectivity index (χ2n) is 4.87. The van der Waals surface area contributed by atoms with Crippen LogP contribution in [0.15, 0.2) is 53.8 Å². The van der Waals surface area contributed by atoms with Crippen molar-refractivity contribution < 1.29 is 9.47 Å². The molecule has 2 N–H and O–H groups in total. The Balaban J connectivity index is 1.63. The van der Waals surface area contributed by atoms with Gasteiger partial charge in [0.2, 0.25) is 0 Å². The van der Waals surface area contributed by atoms with Crippen molar-refractivity contribution in [1.82, 2.24) is 15.2 Å². The predicted molar refractivity (Wildman–Crippen MR) is 92.3 cm³/mol.